The van der Waals surface area contributed by atoms with Crippen LogP contribution in [0.2, 0.25) is 5.02 Å². The topological polar surface area (TPSA) is 20.2 Å². The van der Waals surface area contributed by atoms with Crippen LogP contribution in [0.4, 0.5) is 0 Å². The molecule has 18 heavy (non-hydrogen) atoms. The van der Waals surface area contributed by atoms with Crippen molar-refractivity contribution < 1.29 is 5.11 Å². The monoisotopic (exact) mass is 388 g/mol. The third kappa shape index (κ3) is 3.35. The highest BCUT2D eigenvalue weighted by atomic mass is 79.9. The van der Waals surface area contributed by atoms with Crippen molar-refractivity contribution in [2.75, 3.05) is 0 Å². The van der Waals surface area contributed by atoms with E-state index in [1.165, 1.54) is 0 Å². The molecule has 0 aliphatic heterocycles. The number of hydrogen-bond donors (Lipinski definition) is 1. The van der Waals surface area contributed by atoms with Crippen LogP contribution in [0.5, 0.6) is 0 Å². The fourth-order valence-corrected chi connectivity index (χ4v) is 3.05. The molecule has 4 heteroatoms. The quantitative estimate of drug-likeness (QED) is 0.769. The molecule has 0 radical (unpaired) electrons. The van der Waals surface area contributed by atoms with Gasteiger partial charge in [0.05, 0.1) is 6.10 Å². The van der Waals surface area contributed by atoms with E-state index < -0.39 is 6.10 Å². The molecule has 0 aliphatic rings. The van der Waals surface area contributed by atoms with Gasteiger partial charge in [-0.05, 0) is 29.3 Å². The van der Waals surface area contributed by atoms with Crippen molar-refractivity contribution in [3.8, 4) is 0 Å². The van der Waals surface area contributed by atoms with Crippen LogP contribution in [0.25, 0.3) is 0 Å². The van der Waals surface area contributed by atoms with Gasteiger partial charge in [-0.15, -0.1) is 0 Å². The first-order valence-corrected chi connectivity index (χ1v) is 7.40. The summed E-state index contributed by atoms with van der Waals surface area (Å²) in [5.41, 5.74) is 1.81. The van der Waals surface area contributed by atoms with Gasteiger partial charge in [-0.2, -0.15) is 0 Å². The lowest BCUT2D eigenvalue weighted by atomic mass is 10.0. The standard InChI is InChI=1S/C14H11Br2ClO/c15-10-6-5-9(13(17)8-10)7-14(18)11-3-1-2-4-12(11)16/h1-6,8,14,18H,7H2. The molecule has 1 atom stereocenters. The van der Waals surface area contributed by atoms with E-state index >= 15 is 0 Å². The lowest BCUT2D eigenvalue weighted by molar-refractivity contribution is 0.177. The highest BCUT2D eigenvalue weighted by Crippen LogP contribution is 2.29. The molecule has 0 aromatic heterocycles. The van der Waals surface area contributed by atoms with Crippen LogP contribution >= 0.6 is 43.5 Å². The lowest BCUT2D eigenvalue weighted by Crippen LogP contribution is -2.03. The first-order chi connectivity index (χ1) is 8.58. The molecular formula is C14H11Br2ClO. The van der Waals surface area contributed by atoms with Crippen LogP contribution in [0.15, 0.2) is 51.4 Å². The van der Waals surface area contributed by atoms with Gasteiger partial charge < -0.3 is 5.11 Å². The van der Waals surface area contributed by atoms with Crippen LogP contribution < -0.4 is 0 Å². The lowest BCUT2D eigenvalue weighted by Gasteiger charge is -2.14. The molecule has 94 valence electrons. The average Bonchev–Trinajstić information content (AvgIpc) is 2.33. The summed E-state index contributed by atoms with van der Waals surface area (Å²) < 4.78 is 1.84. The molecule has 2 aromatic carbocycles. The Balaban J connectivity index is 2.21. The zero-order chi connectivity index (χ0) is 13.1. The van der Waals surface area contributed by atoms with Gasteiger partial charge in [0.25, 0.3) is 0 Å². The van der Waals surface area contributed by atoms with E-state index in [0.717, 1.165) is 20.1 Å². The number of hydrogen-bond acceptors (Lipinski definition) is 1. The predicted molar refractivity (Wildman–Crippen MR) is 82.0 cm³/mol. The Morgan fingerprint density at radius 1 is 1.11 bits per heavy atom. The van der Waals surface area contributed by atoms with Crippen molar-refractivity contribution in [3.63, 3.8) is 0 Å². The number of benzene rings is 2. The molecule has 0 saturated heterocycles. The minimum atomic E-state index is -0.570. The minimum Gasteiger partial charge on any atom is -0.388 e. The van der Waals surface area contributed by atoms with Gasteiger partial charge in [0.1, 0.15) is 0 Å². The van der Waals surface area contributed by atoms with Gasteiger partial charge in [-0.3, -0.25) is 0 Å². The maximum Gasteiger partial charge on any atom is 0.0841 e. The number of aliphatic hydroxyl groups excluding tert-OH is 1. The van der Waals surface area contributed by atoms with Crippen molar-refractivity contribution >= 4 is 43.5 Å². The zero-order valence-corrected chi connectivity index (χ0v) is 13.3. The van der Waals surface area contributed by atoms with Crippen molar-refractivity contribution in [1.82, 2.24) is 0 Å². The Labute approximate surface area is 128 Å². The van der Waals surface area contributed by atoms with Crippen LogP contribution in [-0.2, 0) is 6.42 Å². The summed E-state index contributed by atoms with van der Waals surface area (Å²) in [7, 11) is 0. The SMILES string of the molecule is OC(Cc1ccc(Br)cc1Cl)c1ccccc1Br. The smallest absolute Gasteiger partial charge is 0.0841 e. The summed E-state index contributed by atoms with van der Waals surface area (Å²) in [5.74, 6) is 0. The van der Waals surface area contributed by atoms with Gasteiger partial charge in [0.2, 0.25) is 0 Å². The normalized spacial score (nSPS) is 12.4. The molecule has 2 aromatic rings. The molecule has 1 unspecified atom stereocenters. The second kappa shape index (κ2) is 6.20. The molecule has 0 heterocycles. The van der Waals surface area contributed by atoms with E-state index in [2.05, 4.69) is 31.9 Å². The van der Waals surface area contributed by atoms with Gasteiger partial charge in [0, 0.05) is 20.4 Å². The van der Waals surface area contributed by atoms with Crippen LogP contribution in [-0.4, -0.2) is 5.11 Å². The van der Waals surface area contributed by atoms with Crippen molar-refractivity contribution in [2.24, 2.45) is 0 Å². The molecule has 1 nitrogen and oxygen atoms in total. The summed E-state index contributed by atoms with van der Waals surface area (Å²) in [6.45, 7) is 0. The van der Waals surface area contributed by atoms with Gasteiger partial charge in [0.15, 0.2) is 0 Å². The Kier molecular flexibility index (Phi) is 4.84. The molecule has 0 bridgehead atoms. The van der Waals surface area contributed by atoms with Gasteiger partial charge in [-0.1, -0.05) is 67.7 Å². The van der Waals surface area contributed by atoms with E-state index in [4.69, 9.17) is 11.6 Å². The molecular weight excluding hydrogens is 379 g/mol. The van der Waals surface area contributed by atoms with E-state index in [9.17, 15) is 5.11 Å². The highest BCUT2D eigenvalue weighted by Gasteiger charge is 2.13. The minimum absolute atomic E-state index is 0.495. The summed E-state index contributed by atoms with van der Waals surface area (Å²) in [5, 5.41) is 10.9. The van der Waals surface area contributed by atoms with E-state index in [-0.39, 0.29) is 0 Å². The Morgan fingerprint density at radius 2 is 1.83 bits per heavy atom. The Hall–Kier alpha value is -0.350. The van der Waals surface area contributed by atoms with Crippen molar-refractivity contribution in [3.05, 3.63) is 67.6 Å². The Morgan fingerprint density at radius 3 is 2.50 bits per heavy atom. The number of aliphatic hydroxyl groups is 1. The number of rotatable bonds is 3. The van der Waals surface area contributed by atoms with E-state index in [1.54, 1.807) is 0 Å². The van der Waals surface area contributed by atoms with Crippen LogP contribution in [0.1, 0.15) is 17.2 Å². The van der Waals surface area contributed by atoms with Gasteiger partial charge in [-0.25, -0.2) is 0 Å². The summed E-state index contributed by atoms with van der Waals surface area (Å²) in [4.78, 5) is 0. The third-order valence-electron chi connectivity index (χ3n) is 2.69. The van der Waals surface area contributed by atoms with Gasteiger partial charge >= 0.3 is 0 Å². The fourth-order valence-electron chi connectivity index (χ4n) is 1.75. The highest BCUT2D eigenvalue weighted by molar-refractivity contribution is 9.10. The second-order valence-electron chi connectivity index (χ2n) is 3.98. The summed E-state index contributed by atoms with van der Waals surface area (Å²) in [6, 6.07) is 13.3. The first-order valence-electron chi connectivity index (χ1n) is 5.44. The first kappa shape index (κ1) is 14.1. The third-order valence-corrected chi connectivity index (χ3v) is 4.26. The maximum absolute atomic E-state index is 10.2. The van der Waals surface area contributed by atoms with E-state index in [0.29, 0.717) is 11.4 Å². The molecule has 2 rings (SSSR count). The van der Waals surface area contributed by atoms with Crippen LogP contribution in [0.3, 0.4) is 0 Å². The van der Waals surface area contributed by atoms with Crippen LogP contribution in [0, 0.1) is 0 Å². The molecule has 1 N–H and O–H groups in total. The van der Waals surface area contributed by atoms with E-state index in [1.807, 2.05) is 42.5 Å². The van der Waals surface area contributed by atoms with Crippen molar-refractivity contribution in [2.45, 2.75) is 12.5 Å². The summed E-state index contributed by atoms with van der Waals surface area (Å²) >= 11 is 13.0. The molecule has 0 spiro atoms. The Bertz CT molecular complexity index is 557. The largest absolute Gasteiger partial charge is 0.388 e. The number of halogens is 3. The maximum atomic E-state index is 10.2. The average molecular weight is 391 g/mol. The molecule has 0 aliphatic carbocycles. The van der Waals surface area contributed by atoms with Crippen molar-refractivity contribution in [1.29, 1.82) is 0 Å². The summed E-state index contributed by atoms with van der Waals surface area (Å²) in [6.07, 6.45) is -0.0754. The fraction of sp³-hybridized carbons (Fsp3) is 0.143. The molecule has 0 saturated carbocycles. The molecule has 0 amide bonds. The second-order valence-corrected chi connectivity index (χ2v) is 6.15. The zero-order valence-electron chi connectivity index (χ0n) is 9.41. The predicted octanol–water partition coefficient (Wildman–Crippen LogP) is 5.14. The molecule has 0 fully saturated rings.